The molecule has 0 aromatic heterocycles. The first-order valence-electron chi connectivity index (χ1n) is 7.56. The van der Waals surface area contributed by atoms with Gasteiger partial charge in [-0.15, -0.1) is 0 Å². The van der Waals surface area contributed by atoms with E-state index in [1.165, 1.54) is 12.1 Å². The van der Waals surface area contributed by atoms with Gasteiger partial charge in [0.15, 0.2) is 9.84 Å². The van der Waals surface area contributed by atoms with Gasteiger partial charge in [-0.2, -0.15) is 0 Å². The van der Waals surface area contributed by atoms with Crippen molar-refractivity contribution in [3.8, 4) is 0 Å². The largest absolute Gasteiger partial charge is 0.365 e. The Kier molecular flexibility index (Phi) is 4.51. The Bertz CT molecular complexity index is 988. The van der Waals surface area contributed by atoms with Crippen molar-refractivity contribution in [3.63, 3.8) is 0 Å². The molecule has 1 heterocycles. The minimum atomic E-state index is -3.34. The number of nitrogens with zero attached hydrogens (tertiary/aromatic N) is 2. The maximum Gasteiger partial charge on any atom is 0.274 e. The highest BCUT2D eigenvalue weighted by molar-refractivity contribution is 7.90. The molecule has 2 aromatic carbocycles. The molecule has 2 aromatic rings. The second-order valence-electron chi connectivity index (χ2n) is 5.98. The molecule has 0 aliphatic carbocycles. The van der Waals surface area contributed by atoms with Crippen molar-refractivity contribution < 1.29 is 18.3 Å². The fourth-order valence-electron chi connectivity index (χ4n) is 2.61. The van der Waals surface area contributed by atoms with Crippen molar-refractivity contribution in [2.24, 2.45) is 10.7 Å². The molecular weight excluding hydrogens is 378 g/mol. The van der Waals surface area contributed by atoms with Crippen LogP contribution in [-0.2, 0) is 14.6 Å². The normalized spacial score (nSPS) is 20.1. The number of rotatable bonds is 4. The number of β-amino-alcohol motifs (C(OH)–C–C–N with tert-alkyl or cyclic N) is 1. The van der Waals surface area contributed by atoms with E-state index in [-0.39, 0.29) is 11.4 Å². The van der Waals surface area contributed by atoms with E-state index in [0.29, 0.717) is 22.1 Å². The molecule has 0 radical (unpaired) electrons. The van der Waals surface area contributed by atoms with Crippen LogP contribution in [0.5, 0.6) is 0 Å². The van der Waals surface area contributed by atoms with Gasteiger partial charge in [0.05, 0.1) is 11.4 Å². The number of hydrogen-bond donors (Lipinski definition) is 2. The van der Waals surface area contributed by atoms with E-state index < -0.39 is 21.5 Å². The van der Waals surface area contributed by atoms with Crippen LogP contribution in [0.3, 0.4) is 0 Å². The van der Waals surface area contributed by atoms with E-state index in [2.05, 4.69) is 4.99 Å². The number of amidine groups is 1. The molecule has 1 amide bonds. The zero-order valence-electron chi connectivity index (χ0n) is 13.8. The summed E-state index contributed by atoms with van der Waals surface area (Å²) in [5, 5.41) is 11.0. The summed E-state index contributed by atoms with van der Waals surface area (Å²) in [5.41, 5.74) is 4.40. The molecule has 136 valence electrons. The number of nitrogens with two attached hydrogens (primary N) is 1. The van der Waals surface area contributed by atoms with Gasteiger partial charge in [0, 0.05) is 22.5 Å². The molecule has 1 atom stereocenters. The van der Waals surface area contributed by atoms with Crippen molar-refractivity contribution >= 4 is 38.9 Å². The fraction of sp³-hybridized carbons (Fsp3) is 0.176. The van der Waals surface area contributed by atoms with E-state index in [1.807, 2.05) is 0 Å². The minimum absolute atomic E-state index is 0.163. The molecule has 0 spiro atoms. The summed E-state index contributed by atoms with van der Waals surface area (Å²) in [5.74, 6) is -0.644. The Hall–Kier alpha value is -2.42. The van der Waals surface area contributed by atoms with Crippen LogP contribution in [0.2, 0.25) is 5.02 Å². The third kappa shape index (κ3) is 3.44. The molecule has 9 heteroatoms. The summed E-state index contributed by atoms with van der Waals surface area (Å²) in [4.78, 5) is 17.5. The number of hydrogen-bond acceptors (Lipinski definition) is 6. The smallest absolute Gasteiger partial charge is 0.274 e. The lowest BCUT2D eigenvalue weighted by Crippen LogP contribution is -2.46. The van der Waals surface area contributed by atoms with Crippen LogP contribution in [-0.4, -0.2) is 43.8 Å². The summed E-state index contributed by atoms with van der Waals surface area (Å²) < 4.78 is 23.2. The molecule has 0 saturated carbocycles. The quantitative estimate of drug-likeness (QED) is 0.809. The van der Waals surface area contributed by atoms with Gasteiger partial charge in [-0.3, -0.25) is 4.79 Å². The molecule has 1 aliphatic heterocycles. The Morgan fingerprint density at radius 1 is 1.19 bits per heavy atom. The highest BCUT2D eigenvalue weighted by Gasteiger charge is 2.43. The number of benzene rings is 2. The molecule has 0 fully saturated rings. The topological polar surface area (TPSA) is 113 Å². The maximum atomic E-state index is 11.7. The van der Waals surface area contributed by atoms with Crippen molar-refractivity contribution in [1.82, 2.24) is 0 Å². The number of amides is 1. The van der Waals surface area contributed by atoms with Crippen LogP contribution in [0.25, 0.3) is 0 Å². The highest BCUT2D eigenvalue weighted by atomic mass is 35.5. The molecule has 26 heavy (non-hydrogen) atoms. The number of aliphatic hydroxyl groups is 1. The third-order valence-electron chi connectivity index (χ3n) is 4.00. The van der Waals surface area contributed by atoms with Crippen molar-refractivity contribution in [1.29, 1.82) is 0 Å². The lowest BCUT2D eigenvalue weighted by Gasteiger charge is -2.23. The van der Waals surface area contributed by atoms with Crippen molar-refractivity contribution in [3.05, 3.63) is 59.1 Å². The van der Waals surface area contributed by atoms with Gasteiger partial charge in [-0.1, -0.05) is 11.6 Å². The van der Waals surface area contributed by atoms with E-state index in [0.717, 1.165) is 6.26 Å². The van der Waals surface area contributed by atoms with Crippen LogP contribution in [0.15, 0.2) is 58.4 Å². The summed E-state index contributed by atoms with van der Waals surface area (Å²) in [6.45, 7) is -0.182. The average Bonchev–Trinajstić information content (AvgIpc) is 2.94. The van der Waals surface area contributed by atoms with Crippen molar-refractivity contribution in [2.45, 2.75) is 10.6 Å². The van der Waals surface area contributed by atoms with Gasteiger partial charge in [-0.05, 0) is 48.5 Å². The van der Waals surface area contributed by atoms with Gasteiger partial charge in [-0.25, -0.2) is 13.4 Å². The second kappa shape index (κ2) is 6.39. The van der Waals surface area contributed by atoms with Crippen LogP contribution < -0.4 is 10.6 Å². The zero-order chi connectivity index (χ0) is 19.1. The van der Waals surface area contributed by atoms with Crippen LogP contribution in [0, 0.1) is 0 Å². The number of carbonyl (C=O) groups is 1. The first kappa shape index (κ1) is 18.4. The summed E-state index contributed by atoms with van der Waals surface area (Å²) in [6, 6.07) is 12.8. The van der Waals surface area contributed by atoms with Gasteiger partial charge in [0.1, 0.15) is 5.84 Å². The monoisotopic (exact) mass is 393 g/mol. The fourth-order valence-corrected chi connectivity index (χ4v) is 3.36. The van der Waals surface area contributed by atoms with Crippen molar-refractivity contribution in [2.75, 3.05) is 17.7 Å². The highest BCUT2D eigenvalue weighted by Crippen LogP contribution is 2.29. The average molecular weight is 394 g/mol. The van der Waals surface area contributed by atoms with Crippen LogP contribution in [0.4, 0.5) is 5.69 Å². The van der Waals surface area contributed by atoms with Gasteiger partial charge in [0.2, 0.25) is 0 Å². The maximum absolute atomic E-state index is 11.7. The van der Waals surface area contributed by atoms with E-state index in [1.54, 1.807) is 41.3 Å². The molecular formula is C17H16ClN3O4S. The minimum Gasteiger partial charge on any atom is -0.365 e. The van der Waals surface area contributed by atoms with E-state index in [4.69, 9.17) is 17.3 Å². The molecule has 7 nitrogen and oxygen atoms in total. The number of carbonyl (C=O) groups excluding carboxylic acids is 1. The third-order valence-corrected chi connectivity index (χ3v) is 5.38. The number of halogens is 1. The lowest BCUT2D eigenvalue weighted by atomic mass is 10.1. The summed E-state index contributed by atoms with van der Waals surface area (Å²) in [6.07, 6.45) is 1.12. The molecule has 0 saturated heterocycles. The van der Waals surface area contributed by atoms with Gasteiger partial charge >= 0.3 is 0 Å². The van der Waals surface area contributed by atoms with Gasteiger partial charge in [0.25, 0.3) is 11.6 Å². The predicted molar refractivity (Wildman–Crippen MR) is 99.0 cm³/mol. The Morgan fingerprint density at radius 3 is 2.27 bits per heavy atom. The summed E-state index contributed by atoms with van der Waals surface area (Å²) in [7, 11) is -3.34. The van der Waals surface area contributed by atoms with Gasteiger partial charge < -0.3 is 15.7 Å². The Morgan fingerprint density at radius 2 is 1.77 bits per heavy atom. The molecule has 3 N–H and O–H groups in total. The first-order chi connectivity index (χ1) is 12.1. The molecule has 1 unspecified atom stereocenters. The molecule has 3 rings (SSSR count). The Balaban J connectivity index is 2.05. The molecule has 0 bridgehead atoms. The number of aliphatic imine (C=N–C) groups is 1. The predicted octanol–water partition coefficient (Wildman–Crippen LogP) is 1.18. The second-order valence-corrected chi connectivity index (χ2v) is 8.43. The number of sulfone groups is 1. The number of primary amides is 1. The van der Waals surface area contributed by atoms with E-state index >= 15 is 0 Å². The first-order valence-corrected chi connectivity index (χ1v) is 9.83. The zero-order valence-corrected chi connectivity index (χ0v) is 15.3. The standard InChI is InChI=1S/C17H16ClN3O4S/c1-26(24,25)14-8-6-13(7-9-14)21-10-17(23,16(19)22)20-15(21)11-2-4-12(18)5-3-11/h2-9,23H,10H2,1H3,(H2,19,22). The van der Waals surface area contributed by atoms with Crippen LogP contribution >= 0.6 is 11.6 Å². The Labute approximate surface area is 155 Å². The van der Waals surface area contributed by atoms with E-state index in [9.17, 15) is 18.3 Å². The summed E-state index contributed by atoms with van der Waals surface area (Å²) >= 11 is 5.90. The van der Waals surface area contributed by atoms with Crippen LogP contribution in [0.1, 0.15) is 5.56 Å². The molecule has 1 aliphatic rings. The number of anilines is 1. The SMILES string of the molecule is CS(=O)(=O)c1ccc(N2CC(O)(C(N)=O)N=C2c2ccc(Cl)cc2)cc1. The lowest BCUT2D eigenvalue weighted by molar-refractivity contribution is -0.133.